The Hall–Kier alpha value is -4.99. The summed E-state index contributed by atoms with van der Waals surface area (Å²) >= 11 is 0. The van der Waals surface area contributed by atoms with Gasteiger partial charge in [0.15, 0.2) is 17.3 Å². The van der Waals surface area contributed by atoms with Gasteiger partial charge < -0.3 is 19.9 Å². The number of nitrogens with zero attached hydrogens (tertiary/aromatic N) is 2. The molecule has 0 aromatic heterocycles. The van der Waals surface area contributed by atoms with Crippen LogP contribution in [0, 0.1) is 0 Å². The van der Waals surface area contributed by atoms with Gasteiger partial charge in [-0.15, -0.1) is 0 Å². The van der Waals surface area contributed by atoms with Crippen molar-refractivity contribution in [1.82, 2.24) is 4.90 Å². The number of nitrogens with two attached hydrogens (primary N) is 1. The molecule has 0 radical (unpaired) electrons. The Kier molecular flexibility index (Phi) is 10.3. The number of Topliss-reactive ketones (excluding diaryl/α,β-unsaturated/α-hetero) is 2. The molecule has 0 unspecified atom stereocenters. The summed E-state index contributed by atoms with van der Waals surface area (Å²) in [7, 11) is 4.63. The van der Waals surface area contributed by atoms with Crippen molar-refractivity contribution in [3.05, 3.63) is 89.0 Å². The van der Waals surface area contributed by atoms with Gasteiger partial charge in [-0.3, -0.25) is 29.1 Å². The highest BCUT2D eigenvalue weighted by Crippen LogP contribution is 2.28. The second kappa shape index (κ2) is 14.3. The summed E-state index contributed by atoms with van der Waals surface area (Å²) in [6, 6.07) is 18.3. The Morgan fingerprint density at radius 2 is 1.47 bits per heavy atom. The lowest BCUT2D eigenvalue weighted by atomic mass is 9.99. The Morgan fingerprint density at radius 3 is 2.07 bits per heavy atom. The van der Waals surface area contributed by atoms with Gasteiger partial charge in [-0.05, 0) is 53.9 Å². The molecular weight excluding hydrogens is 550 g/mol. The number of amidine groups is 1. The summed E-state index contributed by atoms with van der Waals surface area (Å²) in [6.45, 7) is 0.107. The van der Waals surface area contributed by atoms with Gasteiger partial charge in [0.05, 0.1) is 38.9 Å². The zero-order valence-corrected chi connectivity index (χ0v) is 24.5. The summed E-state index contributed by atoms with van der Waals surface area (Å²) in [5.74, 6) is 0.700. The second-order valence-electron chi connectivity index (χ2n) is 10.1. The number of hydrogen-bond donors (Lipinski definition) is 1. The molecule has 0 saturated carbocycles. The summed E-state index contributed by atoms with van der Waals surface area (Å²) in [5.41, 5.74) is 8.50. The average Bonchev–Trinajstić information content (AvgIpc) is 3.25. The topological polar surface area (TPSA) is 138 Å². The van der Waals surface area contributed by atoms with Gasteiger partial charge in [-0.2, -0.15) is 0 Å². The van der Waals surface area contributed by atoms with Crippen LogP contribution in [0.1, 0.15) is 51.1 Å². The molecule has 2 amide bonds. The highest BCUT2D eigenvalue weighted by atomic mass is 16.5. The number of imide groups is 1. The Morgan fingerprint density at radius 1 is 0.837 bits per heavy atom. The molecule has 3 aromatic rings. The van der Waals surface area contributed by atoms with Crippen molar-refractivity contribution in [1.29, 1.82) is 0 Å². The van der Waals surface area contributed by atoms with E-state index < -0.39 is 6.04 Å². The largest absolute Gasteiger partial charge is 0.497 e. The van der Waals surface area contributed by atoms with E-state index >= 15 is 0 Å². The van der Waals surface area contributed by atoms with E-state index in [2.05, 4.69) is 4.99 Å². The Labute approximate surface area is 250 Å². The number of ether oxygens (including phenoxy) is 3. The van der Waals surface area contributed by atoms with Crippen LogP contribution >= 0.6 is 0 Å². The van der Waals surface area contributed by atoms with Crippen LogP contribution < -0.4 is 19.9 Å². The molecule has 10 heteroatoms. The molecular formula is C33H35N3O7. The minimum Gasteiger partial charge on any atom is -0.497 e. The molecule has 43 heavy (non-hydrogen) atoms. The molecule has 0 spiro atoms. The van der Waals surface area contributed by atoms with Crippen molar-refractivity contribution in [2.45, 2.75) is 38.1 Å². The number of methoxy groups -OCH3 is 3. The van der Waals surface area contributed by atoms with Crippen molar-refractivity contribution in [3.8, 4) is 17.2 Å². The minimum atomic E-state index is -0.843. The first-order chi connectivity index (χ1) is 20.7. The second-order valence-corrected chi connectivity index (χ2v) is 10.1. The molecule has 4 rings (SSSR count). The molecule has 224 valence electrons. The van der Waals surface area contributed by atoms with Crippen LogP contribution in [0.4, 0.5) is 0 Å². The Balaban J connectivity index is 1.42. The van der Waals surface area contributed by atoms with Crippen LogP contribution in [0.2, 0.25) is 0 Å². The number of fused-ring (bicyclic) bond motifs is 1. The van der Waals surface area contributed by atoms with Gasteiger partial charge in [0, 0.05) is 25.8 Å². The van der Waals surface area contributed by atoms with Crippen LogP contribution in [-0.4, -0.2) is 68.0 Å². The van der Waals surface area contributed by atoms with Crippen molar-refractivity contribution < 1.29 is 33.4 Å². The van der Waals surface area contributed by atoms with E-state index in [4.69, 9.17) is 19.9 Å². The molecule has 3 aromatic carbocycles. The molecule has 2 N–H and O–H groups in total. The fourth-order valence-electron chi connectivity index (χ4n) is 4.97. The minimum absolute atomic E-state index is 0.0534. The first kappa shape index (κ1) is 31.0. The number of carbonyl (C=O) groups excluding carboxylic acids is 4. The molecule has 0 aliphatic carbocycles. The normalized spacial score (nSPS) is 13.5. The monoisotopic (exact) mass is 585 g/mol. The van der Waals surface area contributed by atoms with Gasteiger partial charge in [-0.1, -0.05) is 30.3 Å². The maximum absolute atomic E-state index is 13.4. The lowest BCUT2D eigenvalue weighted by Crippen LogP contribution is -2.32. The molecule has 10 nitrogen and oxygen atoms in total. The standard InChI is InChI=1S/C33H35N3O7/c1-41-24-13-10-21(11-14-24)18-27(28(38)9-6-16-36-32(39)25-7-4-5-8-26(25)33(36)40)35-31(34)20-23(37)17-22-12-15-29(42-2)30(19-22)43-3/h4-5,7-8,10-15,19,27H,6,9,16-18,20H2,1-3H3,(H2,34,35)/t27-/m0/s1. The SMILES string of the molecule is COc1ccc(C[C@H](N=C(N)CC(=O)Cc2ccc(OC)c(OC)c2)C(=O)CCCN2C(=O)c3ccccc3C2=O)cc1. The van der Waals surface area contributed by atoms with Gasteiger partial charge in [-0.25, -0.2) is 0 Å². The number of aliphatic imine (C=N–C) groups is 1. The summed E-state index contributed by atoms with van der Waals surface area (Å²) in [5, 5.41) is 0. The molecule has 1 aliphatic heterocycles. The van der Waals surface area contributed by atoms with Crippen molar-refractivity contribution in [3.63, 3.8) is 0 Å². The fourth-order valence-corrected chi connectivity index (χ4v) is 4.97. The number of ketones is 2. The van der Waals surface area contributed by atoms with Crippen molar-refractivity contribution >= 4 is 29.2 Å². The van der Waals surface area contributed by atoms with E-state index in [1.165, 1.54) is 19.1 Å². The highest BCUT2D eigenvalue weighted by molar-refractivity contribution is 6.21. The quantitative estimate of drug-likeness (QED) is 0.161. The van der Waals surface area contributed by atoms with Gasteiger partial charge in [0.1, 0.15) is 23.4 Å². The summed E-state index contributed by atoms with van der Waals surface area (Å²) in [4.78, 5) is 57.2. The zero-order valence-electron chi connectivity index (χ0n) is 24.5. The number of benzene rings is 3. The maximum atomic E-state index is 13.4. The smallest absolute Gasteiger partial charge is 0.261 e. The van der Waals surface area contributed by atoms with E-state index in [0.29, 0.717) is 28.4 Å². The van der Waals surface area contributed by atoms with Crippen LogP contribution in [0.3, 0.4) is 0 Å². The van der Waals surface area contributed by atoms with E-state index in [1.807, 2.05) is 12.1 Å². The van der Waals surface area contributed by atoms with E-state index in [1.54, 1.807) is 61.7 Å². The Bertz CT molecular complexity index is 1500. The maximum Gasteiger partial charge on any atom is 0.261 e. The molecule has 0 fully saturated rings. The number of rotatable bonds is 15. The number of amides is 2. The van der Waals surface area contributed by atoms with E-state index in [-0.39, 0.29) is 67.9 Å². The number of carbonyl (C=O) groups is 4. The van der Waals surface area contributed by atoms with Crippen LogP contribution in [0.25, 0.3) is 0 Å². The van der Waals surface area contributed by atoms with Crippen LogP contribution in [-0.2, 0) is 22.4 Å². The predicted molar refractivity (Wildman–Crippen MR) is 161 cm³/mol. The summed E-state index contributed by atoms with van der Waals surface area (Å²) in [6.07, 6.45) is 0.589. The van der Waals surface area contributed by atoms with Crippen LogP contribution in [0.5, 0.6) is 17.2 Å². The highest BCUT2D eigenvalue weighted by Gasteiger charge is 2.34. The lowest BCUT2D eigenvalue weighted by molar-refractivity contribution is -0.120. The van der Waals surface area contributed by atoms with E-state index in [0.717, 1.165) is 11.1 Å². The molecule has 1 aliphatic rings. The summed E-state index contributed by atoms with van der Waals surface area (Å²) < 4.78 is 15.8. The lowest BCUT2D eigenvalue weighted by Gasteiger charge is -2.16. The van der Waals surface area contributed by atoms with Crippen molar-refractivity contribution in [2.75, 3.05) is 27.9 Å². The fraction of sp³-hybridized carbons (Fsp3) is 0.303. The first-order valence-corrected chi connectivity index (χ1v) is 13.9. The third kappa shape index (κ3) is 7.65. The van der Waals surface area contributed by atoms with Gasteiger partial charge >= 0.3 is 0 Å². The molecule has 1 atom stereocenters. The molecule has 1 heterocycles. The van der Waals surface area contributed by atoms with E-state index in [9.17, 15) is 19.2 Å². The molecule has 0 saturated heterocycles. The van der Waals surface area contributed by atoms with Crippen molar-refractivity contribution in [2.24, 2.45) is 10.7 Å². The third-order valence-corrected chi connectivity index (χ3v) is 7.19. The average molecular weight is 586 g/mol. The zero-order chi connectivity index (χ0) is 30.9. The third-order valence-electron chi connectivity index (χ3n) is 7.19. The number of hydrogen-bond acceptors (Lipinski definition) is 8. The predicted octanol–water partition coefficient (Wildman–Crippen LogP) is 3.83. The first-order valence-electron chi connectivity index (χ1n) is 13.9. The van der Waals surface area contributed by atoms with Gasteiger partial charge in [0.25, 0.3) is 11.8 Å². The van der Waals surface area contributed by atoms with Gasteiger partial charge in [0.2, 0.25) is 0 Å². The van der Waals surface area contributed by atoms with Crippen LogP contribution in [0.15, 0.2) is 71.7 Å². The molecule has 0 bridgehead atoms.